The molecule has 0 radical (unpaired) electrons. The van der Waals surface area contributed by atoms with Gasteiger partial charge in [-0.25, -0.2) is 9.97 Å². The molecule has 29 heavy (non-hydrogen) atoms. The molecule has 0 saturated carbocycles. The smallest absolute Gasteiger partial charge is 0.240 e. The van der Waals surface area contributed by atoms with Gasteiger partial charge < -0.3 is 19.0 Å². The van der Waals surface area contributed by atoms with Gasteiger partial charge in [0.1, 0.15) is 12.3 Å². The number of aromatic nitrogens is 3. The first-order valence-corrected chi connectivity index (χ1v) is 9.94. The van der Waals surface area contributed by atoms with Crippen LogP contribution in [-0.4, -0.2) is 27.6 Å². The molecule has 0 spiro atoms. The first-order valence-electron chi connectivity index (χ1n) is 8.96. The highest BCUT2D eigenvalue weighted by molar-refractivity contribution is 7.98. The average molecular weight is 414 g/mol. The van der Waals surface area contributed by atoms with Gasteiger partial charge in [-0.05, 0) is 32.0 Å². The largest absolute Gasteiger partial charge is 0.491 e. The Bertz CT molecular complexity index is 1030. The molecule has 152 valence electrons. The number of hydrogen-bond donors (Lipinski definition) is 1. The molecule has 0 aromatic carbocycles. The maximum atomic E-state index is 12.4. The van der Waals surface area contributed by atoms with E-state index in [0.29, 0.717) is 28.9 Å². The van der Waals surface area contributed by atoms with Crippen LogP contribution in [0.3, 0.4) is 0 Å². The van der Waals surface area contributed by atoms with E-state index in [1.807, 2.05) is 19.9 Å². The van der Waals surface area contributed by atoms with Crippen LogP contribution in [0.15, 0.2) is 51.1 Å². The summed E-state index contributed by atoms with van der Waals surface area (Å²) in [7, 11) is 1.43. The normalized spacial score (nSPS) is 10.7. The van der Waals surface area contributed by atoms with Gasteiger partial charge in [0.15, 0.2) is 10.9 Å². The fourth-order valence-corrected chi connectivity index (χ4v) is 3.67. The van der Waals surface area contributed by atoms with Gasteiger partial charge in [-0.15, -0.1) is 0 Å². The monoisotopic (exact) mass is 414 g/mol. The van der Waals surface area contributed by atoms with Crippen molar-refractivity contribution in [1.29, 1.82) is 0 Å². The summed E-state index contributed by atoms with van der Waals surface area (Å²) >= 11 is 1.41. The van der Waals surface area contributed by atoms with E-state index < -0.39 is 0 Å². The molecule has 0 aliphatic heterocycles. The summed E-state index contributed by atoms with van der Waals surface area (Å²) in [5.74, 6) is 1.08. The Morgan fingerprint density at radius 1 is 1.28 bits per heavy atom. The molecule has 3 heterocycles. The van der Waals surface area contributed by atoms with Crippen molar-refractivity contribution in [3.63, 3.8) is 0 Å². The molecule has 8 nitrogen and oxygen atoms in total. The molecule has 0 fully saturated rings. The molecule has 3 aromatic heterocycles. The van der Waals surface area contributed by atoms with Gasteiger partial charge in [0.25, 0.3) is 0 Å². The lowest BCUT2D eigenvalue weighted by molar-refractivity contribution is -0.121. The van der Waals surface area contributed by atoms with Crippen LogP contribution in [0.5, 0.6) is 5.75 Å². The minimum absolute atomic E-state index is 0.0426. The number of hydrogen-bond acceptors (Lipinski definition) is 7. The number of nitrogens with one attached hydrogen (secondary N) is 1. The third-order valence-electron chi connectivity index (χ3n) is 4.07. The highest BCUT2D eigenvalue weighted by Gasteiger charge is 2.12. The SMILES string of the molecule is COc1cn(CC(=O)NCc2ccco2)c(CSc2nc(C)cc(C)n2)cc1=O. The second kappa shape index (κ2) is 9.42. The number of amides is 1. The van der Waals surface area contributed by atoms with Crippen molar-refractivity contribution in [3.8, 4) is 5.75 Å². The zero-order chi connectivity index (χ0) is 20.8. The van der Waals surface area contributed by atoms with E-state index in [0.717, 1.165) is 11.4 Å². The zero-order valence-corrected chi connectivity index (χ0v) is 17.3. The second-order valence-electron chi connectivity index (χ2n) is 6.40. The standard InChI is InChI=1S/C20H22N4O4S/c1-13-7-14(2)23-20(22-13)29-12-15-8-17(25)18(27-3)10-24(15)11-19(26)21-9-16-5-4-6-28-16/h4-8,10H,9,11-12H2,1-3H3,(H,21,26). The van der Waals surface area contributed by atoms with Crippen LogP contribution in [0.2, 0.25) is 0 Å². The van der Waals surface area contributed by atoms with Crippen molar-refractivity contribution < 1.29 is 13.9 Å². The number of methoxy groups -OCH3 is 1. The quantitative estimate of drug-likeness (QED) is 0.446. The van der Waals surface area contributed by atoms with Crippen LogP contribution in [-0.2, 0) is 23.6 Å². The van der Waals surface area contributed by atoms with Crippen molar-refractivity contribution in [2.24, 2.45) is 0 Å². The van der Waals surface area contributed by atoms with Gasteiger partial charge in [0.05, 0.1) is 26.1 Å². The summed E-state index contributed by atoms with van der Waals surface area (Å²) in [6.45, 7) is 4.15. The molecule has 9 heteroatoms. The first-order chi connectivity index (χ1) is 13.9. The average Bonchev–Trinajstić information content (AvgIpc) is 3.19. The van der Waals surface area contributed by atoms with Crippen molar-refractivity contribution in [2.75, 3.05) is 7.11 Å². The van der Waals surface area contributed by atoms with E-state index in [1.54, 1.807) is 29.2 Å². The summed E-state index contributed by atoms with van der Waals surface area (Å²) in [6.07, 6.45) is 3.10. The molecular weight excluding hydrogens is 392 g/mol. The number of ether oxygens (including phenoxy) is 1. The molecule has 0 saturated heterocycles. The fourth-order valence-electron chi connectivity index (χ4n) is 2.72. The summed E-state index contributed by atoms with van der Waals surface area (Å²) in [5, 5.41) is 3.42. The fraction of sp³-hybridized carbons (Fsp3) is 0.300. The van der Waals surface area contributed by atoms with E-state index in [9.17, 15) is 9.59 Å². The third kappa shape index (κ3) is 5.71. The van der Waals surface area contributed by atoms with Crippen LogP contribution >= 0.6 is 11.8 Å². The van der Waals surface area contributed by atoms with E-state index in [-0.39, 0.29) is 23.6 Å². The maximum Gasteiger partial charge on any atom is 0.240 e. The number of nitrogens with zero attached hydrogens (tertiary/aromatic N) is 3. The van der Waals surface area contributed by atoms with Crippen LogP contribution in [0.4, 0.5) is 0 Å². The van der Waals surface area contributed by atoms with E-state index >= 15 is 0 Å². The van der Waals surface area contributed by atoms with E-state index in [2.05, 4.69) is 15.3 Å². The van der Waals surface area contributed by atoms with Gasteiger partial charge in [-0.1, -0.05) is 11.8 Å². The van der Waals surface area contributed by atoms with Gasteiger partial charge in [0.2, 0.25) is 11.3 Å². The number of rotatable bonds is 8. The Morgan fingerprint density at radius 2 is 2.03 bits per heavy atom. The Balaban J connectivity index is 1.75. The van der Waals surface area contributed by atoms with Gasteiger partial charge >= 0.3 is 0 Å². The molecule has 3 rings (SSSR count). The number of carbonyl (C=O) groups is 1. The van der Waals surface area contributed by atoms with Crippen molar-refractivity contribution in [2.45, 2.75) is 37.8 Å². The van der Waals surface area contributed by atoms with E-state index in [4.69, 9.17) is 9.15 Å². The Morgan fingerprint density at radius 3 is 2.69 bits per heavy atom. The van der Waals surface area contributed by atoms with Gasteiger partial charge in [0, 0.05) is 28.9 Å². The van der Waals surface area contributed by atoms with Crippen molar-refractivity contribution in [3.05, 3.63) is 69.8 Å². The summed E-state index contributed by atoms with van der Waals surface area (Å²) in [5.41, 5.74) is 2.20. The predicted molar refractivity (Wildman–Crippen MR) is 109 cm³/mol. The molecule has 0 bridgehead atoms. The molecule has 0 aliphatic rings. The highest BCUT2D eigenvalue weighted by atomic mass is 32.2. The zero-order valence-electron chi connectivity index (χ0n) is 16.5. The minimum Gasteiger partial charge on any atom is -0.491 e. The van der Waals surface area contributed by atoms with Crippen molar-refractivity contribution in [1.82, 2.24) is 19.9 Å². The lowest BCUT2D eigenvalue weighted by Gasteiger charge is -2.14. The number of furan rings is 1. The van der Waals surface area contributed by atoms with Crippen LogP contribution < -0.4 is 15.5 Å². The molecule has 1 N–H and O–H groups in total. The Labute approximate surface area is 172 Å². The minimum atomic E-state index is -0.239. The highest BCUT2D eigenvalue weighted by Crippen LogP contribution is 2.20. The van der Waals surface area contributed by atoms with Crippen LogP contribution in [0, 0.1) is 13.8 Å². The lowest BCUT2D eigenvalue weighted by atomic mass is 10.3. The first kappa shape index (κ1) is 20.7. The third-order valence-corrected chi connectivity index (χ3v) is 4.95. The predicted octanol–water partition coefficient (Wildman–Crippen LogP) is 2.47. The summed E-state index contributed by atoms with van der Waals surface area (Å²) in [4.78, 5) is 33.4. The lowest BCUT2D eigenvalue weighted by Crippen LogP contribution is -2.28. The van der Waals surface area contributed by atoms with E-state index in [1.165, 1.54) is 24.9 Å². The number of pyridine rings is 1. The van der Waals surface area contributed by atoms with Crippen LogP contribution in [0.25, 0.3) is 0 Å². The van der Waals surface area contributed by atoms with Gasteiger partial charge in [-0.2, -0.15) is 0 Å². The topological polar surface area (TPSA) is 99.2 Å². The Hall–Kier alpha value is -3.07. The summed E-state index contributed by atoms with van der Waals surface area (Å²) < 4.78 is 12.0. The number of aryl methyl sites for hydroxylation is 2. The van der Waals surface area contributed by atoms with Crippen molar-refractivity contribution >= 4 is 17.7 Å². The van der Waals surface area contributed by atoms with Crippen LogP contribution in [0.1, 0.15) is 22.8 Å². The molecule has 3 aromatic rings. The Kier molecular flexibility index (Phi) is 6.71. The second-order valence-corrected chi connectivity index (χ2v) is 7.35. The molecule has 0 unspecified atom stereocenters. The molecular formula is C20H22N4O4S. The number of carbonyl (C=O) groups excluding carboxylic acids is 1. The molecule has 0 atom stereocenters. The summed E-state index contributed by atoms with van der Waals surface area (Å²) in [6, 6.07) is 6.93. The molecule has 1 amide bonds. The molecule has 0 aliphatic carbocycles. The van der Waals surface area contributed by atoms with Gasteiger partial charge in [-0.3, -0.25) is 9.59 Å². The number of thioether (sulfide) groups is 1. The maximum absolute atomic E-state index is 12.4.